The van der Waals surface area contributed by atoms with Crippen molar-refractivity contribution in [3.8, 4) is 11.1 Å². The fourth-order valence-corrected chi connectivity index (χ4v) is 4.91. The molecule has 0 spiro atoms. The second-order valence-corrected chi connectivity index (χ2v) is 8.95. The quantitative estimate of drug-likeness (QED) is 0.568. The predicted molar refractivity (Wildman–Crippen MR) is 133 cm³/mol. The second kappa shape index (κ2) is 10.0. The summed E-state index contributed by atoms with van der Waals surface area (Å²) in [5, 5.41) is 3.08. The van der Waals surface area contributed by atoms with E-state index in [1.165, 1.54) is 22.3 Å². The van der Waals surface area contributed by atoms with Gasteiger partial charge in [-0.05, 0) is 67.5 Å². The van der Waals surface area contributed by atoms with Gasteiger partial charge in [0, 0.05) is 25.2 Å². The minimum atomic E-state index is -0.526. The Morgan fingerprint density at radius 3 is 2.12 bits per heavy atom. The number of nitrogens with one attached hydrogen (secondary N) is 1. The van der Waals surface area contributed by atoms with Crippen LogP contribution in [-0.2, 0) is 11.2 Å². The van der Waals surface area contributed by atoms with E-state index in [0.29, 0.717) is 44.5 Å². The Morgan fingerprint density at radius 1 is 0.848 bits per heavy atom. The highest BCUT2D eigenvalue weighted by molar-refractivity contribution is 5.94. The molecule has 0 radical (unpaired) electrons. The number of carbonyl (C=O) groups is 2. The van der Waals surface area contributed by atoms with Gasteiger partial charge in [-0.25, -0.2) is 0 Å². The lowest BCUT2D eigenvalue weighted by molar-refractivity contribution is -0.133. The van der Waals surface area contributed by atoms with Gasteiger partial charge in [0.1, 0.15) is 0 Å². The van der Waals surface area contributed by atoms with E-state index in [0.717, 1.165) is 0 Å². The molecule has 0 atom stereocenters. The number of benzene rings is 3. The van der Waals surface area contributed by atoms with E-state index in [4.69, 9.17) is 0 Å². The summed E-state index contributed by atoms with van der Waals surface area (Å²) < 4.78 is 0. The Hall–Kier alpha value is -3.40. The molecule has 3 aromatic carbocycles. The summed E-state index contributed by atoms with van der Waals surface area (Å²) in [5.74, 6) is 0.136. The van der Waals surface area contributed by atoms with Crippen molar-refractivity contribution in [1.82, 2.24) is 10.2 Å². The number of aryl methyl sites for hydroxylation is 1. The molecule has 2 amide bonds. The highest BCUT2D eigenvalue weighted by Crippen LogP contribution is 2.39. The number of amides is 2. The van der Waals surface area contributed by atoms with Crippen LogP contribution in [0.4, 0.5) is 0 Å². The van der Waals surface area contributed by atoms with Crippen molar-refractivity contribution in [2.45, 2.75) is 33.1 Å². The van der Waals surface area contributed by atoms with Crippen LogP contribution in [0.3, 0.4) is 0 Å². The number of hydrogen-bond acceptors (Lipinski definition) is 2. The lowest BCUT2D eigenvalue weighted by Crippen LogP contribution is -2.51. The minimum Gasteiger partial charge on any atom is -0.356 e. The molecule has 1 N–H and O–H groups in total. The summed E-state index contributed by atoms with van der Waals surface area (Å²) in [4.78, 5) is 28.2. The molecule has 0 aliphatic carbocycles. The first kappa shape index (κ1) is 22.8. The molecule has 33 heavy (non-hydrogen) atoms. The second-order valence-electron chi connectivity index (χ2n) is 8.95. The number of carbonyl (C=O) groups excluding carboxylic acids is 2. The molecule has 4 heteroatoms. The summed E-state index contributed by atoms with van der Waals surface area (Å²) in [5.41, 5.74) is 4.97. The molecule has 4 nitrogen and oxygen atoms in total. The average molecular weight is 441 g/mol. The predicted octanol–water partition coefficient (Wildman–Crippen LogP) is 5.26. The Bertz CT molecular complexity index is 1120. The van der Waals surface area contributed by atoms with Gasteiger partial charge in [0.15, 0.2) is 0 Å². The largest absolute Gasteiger partial charge is 0.356 e. The third-order valence-electron chi connectivity index (χ3n) is 6.83. The van der Waals surface area contributed by atoms with Crippen LogP contribution in [-0.4, -0.2) is 36.3 Å². The van der Waals surface area contributed by atoms with E-state index in [1.54, 1.807) is 0 Å². The number of likely N-dealkylation sites (tertiary alicyclic amines) is 1. The van der Waals surface area contributed by atoms with Crippen LogP contribution < -0.4 is 5.32 Å². The molecule has 0 aromatic heterocycles. The van der Waals surface area contributed by atoms with Gasteiger partial charge >= 0.3 is 0 Å². The van der Waals surface area contributed by atoms with Crippen LogP contribution in [0, 0.1) is 12.3 Å². The Kier molecular flexibility index (Phi) is 6.93. The SMILES string of the molecule is CCNC(=O)C1(Cc2ccccc2-c2ccccc2C)CCN(C(=O)c2ccccc2)CC1. The maximum atomic E-state index is 13.4. The average Bonchev–Trinajstić information content (AvgIpc) is 2.85. The van der Waals surface area contributed by atoms with E-state index in [-0.39, 0.29) is 11.8 Å². The van der Waals surface area contributed by atoms with Crippen molar-refractivity contribution in [2.24, 2.45) is 5.41 Å². The summed E-state index contributed by atoms with van der Waals surface area (Å²) >= 11 is 0. The lowest BCUT2D eigenvalue weighted by Gasteiger charge is -2.41. The molecule has 0 unspecified atom stereocenters. The highest BCUT2D eigenvalue weighted by Gasteiger charge is 2.42. The molecule has 0 saturated carbocycles. The smallest absolute Gasteiger partial charge is 0.253 e. The first-order valence-corrected chi connectivity index (χ1v) is 11.8. The molecule has 4 rings (SSSR count). The topological polar surface area (TPSA) is 49.4 Å². The Balaban J connectivity index is 1.61. The Morgan fingerprint density at radius 2 is 1.45 bits per heavy atom. The summed E-state index contributed by atoms with van der Waals surface area (Å²) in [6.45, 7) is 5.85. The van der Waals surface area contributed by atoms with Gasteiger partial charge in [0.05, 0.1) is 5.41 Å². The van der Waals surface area contributed by atoms with Crippen molar-refractivity contribution in [3.63, 3.8) is 0 Å². The van der Waals surface area contributed by atoms with Crippen molar-refractivity contribution in [3.05, 3.63) is 95.6 Å². The molecule has 1 aliphatic heterocycles. The fraction of sp³-hybridized carbons (Fsp3) is 0.310. The van der Waals surface area contributed by atoms with Gasteiger partial charge < -0.3 is 10.2 Å². The zero-order chi connectivity index (χ0) is 23.3. The molecule has 0 bridgehead atoms. The Labute approximate surface area is 196 Å². The van der Waals surface area contributed by atoms with Crippen LogP contribution in [0.25, 0.3) is 11.1 Å². The summed E-state index contributed by atoms with van der Waals surface area (Å²) in [7, 11) is 0. The van der Waals surface area contributed by atoms with Crippen LogP contribution in [0.1, 0.15) is 41.3 Å². The van der Waals surface area contributed by atoms with Gasteiger partial charge in [-0.2, -0.15) is 0 Å². The third-order valence-corrected chi connectivity index (χ3v) is 6.83. The van der Waals surface area contributed by atoms with Gasteiger partial charge in [0.25, 0.3) is 5.91 Å². The van der Waals surface area contributed by atoms with E-state index in [1.807, 2.05) is 42.2 Å². The molecule has 3 aromatic rings. The zero-order valence-electron chi connectivity index (χ0n) is 19.5. The maximum absolute atomic E-state index is 13.4. The standard InChI is InChI=1S/C29H32N2O2/c1-3-30-28(33)29(17-19-31(20-18-29)27(32)23-12-5-4-6-13-23)21-24-14-8-10-16-26(24)25-15-9-7-11-22(25)2/h4-16H,3,17-21H2,1-2H3,(H,30,33). The third kappa shape index (κ3) is 4.85. The fourth-order valence-electron chi connectivity index (χ4n) is 4.91. The molecule has 1 fully saturated rings. The molecule has 1 heterocycles. The number of nitrogens with zero attached hydrogens (tertiary/aromatic N) is 1. The van der Waals surface area contributed by atoms with Gasteiger partial charge in [0.2, 0.25) is 5.91 Å². The minimum absolute atomic E-state index is 0.0420. The molecular formula is C29H32N2O2. The van der Waals surface area contributed by atoms with Gasteiger partial charge in [-0.15, -0.1) is 0 Å². The summed E-state index contributed by atoms with van der Waals surface area (Å²) in [6, 6.07) is 26.2. The van der Waals surface area contributed by atoms with Gasteiger partial charge in [-0.3, -0.25) is 9.59 Å². The van der Waals surface area contributed by atoms with Crippen LogP contribution in [0.5, 0.6) is 0 Å². The number of rotatable bonds is 6. The van der Waals surface area contributed by atoms with Crippen molar-refractivity contribution >= 4 is 11.8 Å². The van der Waals surface area contributed by atoms with Crippen LogP contribution in [0.15, 0.2) is 78.9 Å². The van der Waals surface area contributed by atoms with E-state index in [9.17, 15) is 9.59 Å². The molecule has 1 aliphatic rings. The van der Waals surface area contributed by atoms with Crippen LogP contribution in [0.2, 0.25) is 0 Å². The molecule has 170 valence electrons. The first-order chi connectivity index (χ1) is 16.0. The van der Waals surface area contributed by atoms with E-state index in [2.05, 4.69) is 60.8 Å². The van der Waals surface area contributed by atoms with E-state index >= 15 is 0 Å². The van der Waals surface area contributed by atoms with Crippen LogP contribution >= 0.6 is 0 Å². The molecular weight excluding hydrogens is 408 g/mol. The monoisotopic (exact) mass is 440 g/mol. The zero-order valence-corrected chi connectivity index (χ0v) is 19.5. The molecule has 1 saturated heterocycles. The first-order valence-electron chi connectivity index (χ1n) is 11.8. The normalized spacial score (nSPS) is 15.2. The maximum Gasteiger partial charge on any atom is 0.253 e. The van der Waals surface area contributed by atoms with Crippen molar-refractivity contribution < 1.29 is 9.59 Å². The number of hydrogen-bond donors (Lipinski definition) is 1. The summed E-state index contributed by atoms with van der Waals surface area (Å²) in [6.07, 6.45) is 1.97. The van der Waals surface area contributed by atoms with Gasteiger partial charge in [-0.1, -0.05) is 66.7 Å². The van der Waals surface area contributed by atoms with E-state index < -0.39 is 5.41 Å². The number of piperidine rings is 1. The highest BCUT2D eigenvalue weighted by atomic mass is 16.2. The van der Waals surface area contributed by atoms with Crippen molar-refractivity contribution in [1.29, 1.82) is 0 Å². The van der Waals surface area contributed by atoms with Crippen molar-refractivity contribution in [2.75, 3.05) is 19.6 Å². The lowest BCUT2D eigenvalue weighted by atomic mass is 9.71.